The molecule has 11 heteroatoms. The number of hydrogen-bond acceptors (Lipinski definition) is 8. The molecule has 0 radical (unpaired) electrons. The van der Waals surface area contributed by atoms with Crippen LogP contribution in [-0.2, 0) is 20.9 Å². The van der Waals surface area contributed by atoms with Crippen molar-refractivity contribution in [3.8, 4) is 0 Å². The predicted octanol–water partition coefficient (Wildman–Crippen LogP) is 3.86. The molecule has 0 aliphatic carbocycles. The average molecular weight is 522 g/mol. The lowest BCUT2D eigenvalue weighted by molar-refractivity contribution is -0.142. The second kappa shape index (κ2) is 11.1. The zero-order valence-corrected chi connectivity index (χ0v) is 19.5. The number of amides is 1. The van der Waals surface area contributed by atoms with E-state index in [2.05, 4.69) is 46.5 Å². The molecule has 1 aromatic carbocycles. The number of anilines is 3. The molecule has 3 aromatic heterocycles. The fourth-order valence-corrected chi connectivity index (χ4v) is 3.40. The van der Waals surface area contributed by atoms with Crippen LogP contribution >= 0.6 is 15.9 Å². The quantitative estimate of drug-likeness (QED) is 0.251. The normalized spacial score (nSPS) is 11.0. The number of hydrogen-bond donors (Lipinski definition) is 2. The molecular formula is C23H20BrN7O3. The number of benzene rings is 1. The summed E-state index contributed by atoms with van der Waals surface area (Å²) in [6.45, 7) is 0.750. The fourth-order valence-electron chi connectivity index (χ4n) is 3.00. The largest absolute Gasteiger partial charge is 0.464 e. The first-order valence-corrected chi connectivity index (χ1v) is 11.1. The lowest BCUT2D eigenvalue weighted by Crippen LogP contribution is -2.11. The molecule has 0 unspecified atom stereocenters. The maximum Gasteiger partial charge on any atom is 0.309 e. The van der Waals surface area contributed by atoms with Crippen molar-refractivity contribution in [3.63, 3.8) is 0 Å². The van der Waals surface area contributed by atoms with Crippen molar-refractivity contribution >= 4 is 56.0 Å². The number of ether oxygens (including phenoxy) is 1. The van der Waals surface area contributed by atoms with E-state index in [1.807, 2.05) is 24.3 Å². The van der Waals surface area contributed by atoms with Crippen LogP contribution < -0.4 is 10.6 Å². The lowest BCUT2D eigenvalue weighted by atomic mass is 10.2. The van der Waals surface area contributed by atoms with Crippen LogP contribution in [0.5, 0.6) is 0 Å². The molecule has 0 bridgehead atoms. The zero-order valence-electron chi connectivity index (χ0n) is 17.9. The van der Waals surface area contributed by atoms with Crippen LogP contribution in [0.15, 0.2) is 78.2 Å². The van der Waals surface area contributed by atoms with Gasteiger partial charge in [0.15, 0.2) is 0 Å². The van der Waals surface area contributed by atoms with Crippen LogP contribution in [0.2, 0.25) is 0 Å². The van der Waals surface area contributed by atoms with E-state index in [-0.39, 0.29) is 13.0 Å². The van der Waals surface area contributed by atoms with Crippen molar-refractivity contribution in [2.24, 2.45) is 0 Å². The van der Waals surface area contributed by atoms with Gasteiger partial charge in [0.25, 0.3) is 0 Å². The van der Waals surface area contributed by atoms with Crippen molar-refractivity contribution in [1.82, 2.24) is 24.5 Å². The number of nitrogens with zero attached hydrogens (tertiary/aromatic N) is 5. The first kappa shape index (κ1) is 23.1. The summed E-state index contributed by atoms with van der Waals surface area (Å²) in [6, 6.07) is 9.35. The molecule has 1 amide bonds. The van der Waals surface area contributed by atoms with Crippen LogP contribution in [0.25, 0.3) is 10.9 Å². The third-order valence-electron chi connectivity index (χ3n) is 4.59. The Morgan fingerprint density at radius 3 is 2.91 bits per heavy atom. The molecule has 172 valence electrons. The molecule has 4 rings (SSSR count). The standard InChI is InChI=1S/C23H20BrN7O3/c24-16-3-1-4-17(11-16)29-23-18-12-20(26-13-19(18)27-14-28-23)30-21(32)5-2-6-22(33)34-10-9-31-8-7-25-15-31/h1-5,7-8,11-15H,6,9-10H2,(H,26,30,32)(H,27,28,29). The number of fused-ring (bicyclic) bond motifs is 1. The molecule has 0 saturated heterocycles. The number of esters is 1. The molecule has 0 spiro atoms. The van der Waals surface area contributed by atoms with E-state index in [4.69, 9.17) is 4.74 Å². The number of halogens is 1. The monoisotopic (exact) mass is 521 g/mol. The minimum atomic E-state index is -0.423. The molecule has 0 fully saturated rings. The third-order valence-corrected chi connectivity index (χ3v) is 5.08. The molecule has 0 atom stereocenters. The van der Waals surface area contributed by atoms with E-state index < -0.39 is 11.9 Å². The van der Waals surface area contributed by atoms with E-state index >= 15 is 0 Å². The number of rotatable bonds is 9. The smallest absolute Gasteiger partial charge is 0.309 e. The van der Waals surface area contributed by atoms with Gasteiger partial charge in [0.2, 0.25) is 5.91 Å². The van der Waals surface area contributed by atoms with Gasteiger partial charge in [0.1, 0.15) is 24.6 Å². The fraction of sp³-hybridized carbons (Fsp3) is 0.130. The predicted molar refractivity (Wildman–Crippen MR) is 130 cm³/mol. The Hall–Kier alpha value is -4.12. The van der Waals surface area contributed by atoms with Gasteiger partial charge in [-0.15, -0.1) is 0 Å². The third kappa shape index (κ3) is 6.45. The summed E-state index contributed by atoms with van der Waals surface area (Å²) in [4.78, 5) is 40.7. The van der Waals surface area contributed by atoms with Gasteiger partial charge >= 0.3 is 5.97 Å². The van der Waals surface area contributed by atoms with Crippen LogP contribution in [0.3, 0.4) is 0 Å². The Kier molecular flexibility index (Phi) is 7.56. The van der Waals surface area contributed by atoms with Crippen molar-refractivity contribution in [3.05, 3.63) is 78.2 Å². The Balaban J connectivity index is 1.34. The number of carbonyl (C=O) groups is 2. The van der Waals surface area contributed by atoms with Crippen LogP contribution in [0.4, 0.5) is 17.3 Å². The van der Waals surface area contributed by atoms with Crippen LogP contribution in [0, 0.1) is 0 Å². The van der Waals surface area contributed by atoms with Gasteiger partial charge in [-0.2, -0.15) is 0 Å². The summed E-state index contributed by atoms with van der Waals surface area (Å²) < 4.78 is 7.86. The first-order valence-electron chi connectivity index (χ1n) is 10.3. The maximum atomic E-state index is 12.3. The van der Waals surface area contributed by atoms with Gasteiger partial charge < -0.3 is 19.9 Å². The molecule has 3 heterocycles. The second-order valence-corrected chi connectivity index (χ2v) is 7.98. The van der Waals surface area contributed by atoms with E-state index in [0.29, 0.717) is 29.1 Å². The van der Waals surface area contributed by atoms with Crippen LogP contribution in [0.1, 0.15) is 6.42 Å². The van der Waals surface area contributed by atoms with Crippen LogP contribution in [-0.4, -0.2) is 43.0 Å². The molecule has 0 aliphatic heterocycles. The minimum Gasteiger partial charge on any atom is -0.464 e. The number of imidazole rings is 1. The molecule has 2 N–H and O–H groups in total. The van der Waals surface area contributed by atoms with E-state index in [1.165, 1.54) is 18.5 Å². The van der Waals surface area contributed by atoms with Crippen molar-refractivity contribution < 1.29 is 14.3 Å². The molecule has 4 aromatic rings. The van der Waals surface area contributed by atoms with E-state index in [9.17, 15) is 9.59 Å². The first-order chi connectivity index (χ1) is 16.6. The van der Waals surface area contributed by atoms with Gasteiger partial charge in [-0.25, -0.2) is 19.9 Å². The maximum absolute atomic E-state index is 12.3. The van der Waals surface area contributed by atoms with Crippen molar-refractivity contribution in [2.45, 2.75) is 13.0 Å². The Morgan fingerprint density at radius 1 is 1.18 bits per heavy atom. The summed E-state index contributed by atoms with van der Waals surface area (Å²) in [5.41, 5.74) is 1.47. The van der Waals surface area contributed by atoms with Gasteiger partial charge in [-0.05, 0) is 30.3 Å². The van der Waals surface area contributed by atoms with Gasteiger partial charge in [-0.1, -0.05) is 28.1 Å². The SMILES string of the molecule is O=C(C=CCC(=O)OCCn1ccnc1)Nc1cc2c(Nc3cccc(Br)c3)ncnc2cn1. The zero-order chi connectivity index (χ0) is 23.8. The molecule has 0 aliphatic rings. The minimum absolute atomic E-state index is 0.0168. The van der Waals surface area contributed by atoms with Crippen molar-refractivity contribution in [1.29, 1.82) is 0 Å². The molecule has 34 heavy (non-hydrogen) atoms. The highest BCUT2D eigenvalue weighted by atomic mass is 79.9. The topological polar surface area (TPSA) is 124 Å². The van der Waals surface area contributed by atoms with E-state index in [1.54, 1.807) is 35.6 Å². The molecule has 0 saturated carbocycles. The Bertz CT molecular complexity index is 1330. The average Bonchev–Trinajstić information content (AvgIpc) is 3.33. The lowest BCUT2D eigenvalue weighted by Gasteiger charge is -2.09. The van der Waals surface area contributed by atoms with E-state index in [0.717, 1.165) is 10.2 Å². The Labute approximate surface area is 203 Å². The highest BCUT2D eigenvalue weighted by Crippen LogP contribution is 2.25. The van der Waals surface area contributed by atoms with Crippen molar-refractivity contribution in [2.75, 3.05) is 17.2 Å². The summed E-state index contributed by atoms with van der Waals surface area (Å²) in [5.74, 6) is 0.0666. The molecular weight excluding hydrogens is 502 g/mol. The summed E-state index contributed by atoms with van der Waals surface area (Å²) in [7, 11) is 0. The number of aromatic nitrogens is 5. The number of carbonyl (C=O) groups excluding carboxylic acids is 2. The molecule has 10 nitrogen and oxygen atoms in total. The Morgan fingerprint density at radius 2 is 2.09 bits per heavy atom. The number of pyridine rings is 1. The van der Waals surface area contributed by atoms with Gasteiger partial charge in [-0.3, -0.25) is 9.59 Å². The van der Waals surface area contributed by atoms with Gasteiger partial charge in [0, 0.05) is 27.9 Å². The summed E-state index contributed by atoms with van der Waals surface area (Å²) >= 11 is 3.44. The van der Waals surface area contributed by atoms with Gasteiger partial charge in [0.05, 0.1) is 31.0 Å². The summed E-state index contributed by atoms with van der Waals surface area (Å²) in [5, 5.41) is 6.62. The summed E-state index contributed by atoms with van der Waals surface area (Å²) in [6.07, 6.45) is 10.8. The number of nitrogens with one attached hydrogen (secondary N) is 2. The highest BCUT2D eigenvalue weighted by Gasteiger charge is 2.08. The highest BCUT2D eigenvalue weighted by molar-refractivity contribution is 9.10. The second-order valence-electron chi connectivity index (χ2n) is 7.06.